The van der Waals surface area contributed by atoms with Crippen LogP contribution >= 0.6 is 34.5 Å². The molecule has 218 valence electrons. The van der Waals surface area contributed by atoms with E-state index in [0.29, 0.717) is 21.5 Å². The molecule has 1 saturated carbocycles. The van der Waals surface area contributed by atoms with Gasteiger partial charge in [0.05, 0.1) is 11.4 Å². The summed E-state index contributed by atoms with van der Waals surface area (Å²) in [5, 5.41) is 5.21. The first-order valence-electron chi connectivity index (χ1n) is 14.5. The molecule has 6 rings (SSSR count). The lowest BCUT2D eigenvalue weighted by Crippen LogP contribution is -2.46. The predicted molar refractivity (Wildman–Crippen MR) is 176 cm³/mol. The highest BCUT2D eigenvalue weighted by Crippen LogP contribution is 2.37. The van der Waals surface area contributed by atoms with E-state index < -0.39 is 0 Å². The van der Waals surface area contributed by atoms with E-state index >= 15 is 0 Å². The molecule has 1 N–H and O–H groups in total. The molecular formula is C35H31Cl2N3O2S. The third-order valence-electron chi connectivity index (χ3n) is 8.09. The fourth-order valence-corrected chi connectivity index (χ4v) is 7.53. The maximum atomic E-state index is 14.2. The van der Waals surface area contributed by atoms with E-state index in [4.69, 9.17) is 23.2 Å². The van der Waals surface area contributed by atoms with Crippen LogP contribution in [0.5, 0.6) is 0 Å². The van der Waals surface area contributed by atoms with Crippen molar-refractivity contribution in [3.63, 3.8) is 0 Å². The lowest BCUT2D eigenvalue weighted by atomic mass is 9.89. The molecule has 2 heterocycles. The van der Waals surface area contributed by atoms with Gasteiger partial charge >= 0.3 is 0 Å². The first-order chi connectivity index (χ1) is 21.0. The van der Waals surface area contributed by atoms with Gasteiger partial charge in [-0.05, 0) is 78.3 Å². The number of nitrogens with one attached hydrogen (secondary N) is 1. The number of rotatable bonds is 8. The lowest BCUT2D eigenvalue weighted by molar-refractivity contribution is -0.121. The molecule has 0 saturated heterocycles. The second kappa shape index (κ2) is 13.3. The number of thiophene rings is 1. The van der Waals surface area contributed by atoms with Crippen LogP contribution in [0.15, 0.2) is 97.3 Å². The number of fused-ring (bicyclic) bond motifs is 1. The van der Waals surface area contributed by atoms with Gasteiger partial charge in [0.15, 0.2) is 0 Å². The Labute approximate surface area is 265 Å². The van der Waals surface area contributed by atoms with Crippen molar-refractivity contribution >= 4 is 56.4 Å². The van der Waals surface area contributed by atoms with Crippen molar-refractivity contribution in [1.29, 1.82) is 0 Å². The largest absolute Gasteiger partial charge is 0.353 e. The molecule has 0 unspecified atom stereocenters. The summed E-state index contributed by atoms with van der Waals surface area (Å²) in [6.07, 6.45) is 6.98. The zero-order valence-electron chi connectivity index (χ0n) is 23.5. The Morgan fingerprint density at radius 2 is 1.60 bits per heavy atom. The standard InChI is InChI=1S/C35H31Cl2N3O2S/c36-30-10-3-1-7-26(30)21-32(41)39-27-12-14-28(15-13-27)40(35(42)34-33(37)29-9-2-4-11-31(29)43-34)22-23-6-5-8-25(20-23)24-16-18-38-19-17-24/h1-11,16-20,27-28H,12-15,21-22H2,(H,39,41). The van der Waals surface area contributed by atoms with E-state index in [1.807, 2.05) is 65.6 Å². The summed E-state index contributed by atoms with van der Waals surface area (Å²) in [4.78, 5) is 33.8. The number of hydrogen-bond donors (Lipinski definition) is 1. The third-order valence-corrected chi connectivity index (χ3v) is 10.1. The highest BCUT2D eigenvalue weighted by Gasteiger charge is 2.32. The number of benzene rings is 3. The minimum atomic E-state index is -0.0493. The van der Waals surface area contributed by atoms with Crippen molar-refractivity contribution in [1.82, 2.24) is 15.2 Å². The van der Waals surface area contributed by atoms with Gasteiger partial charge in [0.2, 0.25) is 5.91 Å². The van der Waals surface area contributed by atoms with Crippen molar-refractivity contribution in [3.8, 4) is 11.1 Å². The van der Waals surface area contributed by atoms with E-state index in [-0.39, 0.29) is 30.3 Å². The van der Waals surface area contributed by atoms with Crippen molar-refractivity contribution in [2.75, 3.05) is 0 Å². The number of amides is 2. The molecule has 1 aliphatic rings. The zero-order valence-corrected chi connectivity index (χ0v) is 25.8. The second-order valence-corrected chi connectivity index (χ2v) is 12.8. The summed E-state index contributed by atoms with van der Waals surface area (Å²) >= 11 is 14.5. The van der Waals surface area contributed by atoms with E-state index in [0.717, 1.165) is 58.0 Å². The van der Waals surface area contributed by atoms with E-state index in [1.165, 1.54) is 11.3 Å². The molecule has 8 heteroatoms. The Balaban J connectivity index is 1.21. The fourth-order valence-electron chi connectivity index (χ4n) is 5.86. The van der Waals surface area contributed by atoms with Gasteiger partial charge in [0.25, 0.3) is 5.91 Å². The Morgan fingerprint density at radius 3 is 2.37 bits per heavy atom. The number of aromatic nitrogens is 1. The SMILES string of the molecule is O=C(Cc1ccccc1Cl)NC1CCC(N(Cc2cccc(-c3ccncc3)c2)C(=O)c2sc3ccccc3c2Cl)CC1. The molecule has 2 amide bonds. The minimum absolute atomic E-state index is 0.0232. The smallest absolute Gasteiger partial charge is 0.266 e. The monoisotopic (exact) mass is 627 g/mol. The molecule has 43 heavy (non-hydrogen) atoms. The van der Waals surface area contributed by atoms with Crippen LogP contribution in [0.4, 0.5) is 0 Å². The van der Waals surface area contributed by atoms with E-state index in [9.17, 15) is 9.59 Å². The van der Waals surface area contributed by atoms with Gasteiger partial charge < -0.3 is 10.2 Å². The molecule has 0 spiro atoms. The number of carbonyl (C=O) groups is 2. The van der Waals surface area contributed by atoms with Crippen molar-refractivity contribution in [2.24, 2.45) is 0 Å². The molecule has 3 aromatic carbocycles. The molecule has 2 aromatic heterocycles. The Kier molecular flexibility index (Phi) is 9.08. The summed E-state index contributed by atoms with van der Waals surface area (Å²) in [5.41, 5.74) is 4.03. The third kappa shape index (κ3) is 6.77. The van der Waals surface area contributed by atoms with Gasteiger partial charge in [-0.3, -0.25) is 14.6 Å². The fraction of sp³-hybridized carbons (Fsp3) is 0.229. The molecule has 0 radical (unpaired) electrons. The zero-order chi connectivity index (χ0) is 29.8. The summed E-state index contributed by atoms with van der Waals surface area (Å²) in [6, 6.07) is 27.7. The number of hydrogen-bond acceptors (Lipinski definition) is 4. The van der Waals surface area contributed by atoms with E-state index in [1.54, 1.807) is 18.5 Å². The summed E-state index contributed by atoms with van der Waals surface area (Å²) in [5.74, 6) is -0.0822. The first kappa shape index (κ1) is 29.4. The van der Waals surface area contributed by atoms with Gasteiger partial charge in [-0.2, -0.15) is 0 Å². The van der Waals surface area contributed by atoms with Crippen LogP contribution < -0.4 is 5.32 Å². The molecule has 5 aromatic rings. The Bertz CT molecular complexity index is 1750. The van der Waals surface area contributed by atoms with Crippen LogP contribution in [0.1, 0.15) is 46.5 Å². The van der Waals surface area contributed by atoms with Crippen molar-refractivity contribution < 1.29 is 9.59 Å². The first-order valence-corrected chi connectivity index (χ1v) is 16.0. The lowest BCUT2D eigenvalue weighted by Gasteiger charge is -2.37. The van der Waals surface area contributed by atoms with Crippen LogP contribution in [0, 0.1) is 0 Å². The highest BCUT2D eigenvalue weighted by molar-refractivity contribution is 7.21. The average Bonchev–Trinajstić information content (AvgIpc) is 3.38. The molecule has 0 atom stereocenters. The predicted octanol–water partition coefficient (Wildman–Crippen LogP) is 8.58. The summed E-state index contributed by atoms with van der Waals surface area (Å²) in [7, 11) is 0. The molecular weight excluding hydrogens is 597 g/mol. The molecule has 1 fully saturated rings. The Hall–Kier alpha value is -3.71. The highest BCUT2D eigenvalue weighted by atomic mass is 35.5. The maximum Gasteiger partial charge on any atom is 0.266 e. The topological polar surface area (TPSA) is 62.3 Å². The minimum Gasteiger partial charge on any atom is -0.353 e. The normalized spacial score (nSPS) is 16.6. The number of pyridine rings is 1. The van der Waals surface area contributed by atoms with Crippen LogP contribution in [0.2, 0.25) is 10.0 Å². The number of carbonyl (C=O) groups excluding carboxylic acids is 2. The van der Waals surface area contributed by atoms with E-state index in [2.05, 4.69) is 28.5 Å². The quantitative estimate of drug-likeness (QED) is 0.187. The van der Waals surface area contributed by atoms with Crippen LogP contribution in [-0.4, -0.2) is 33.8 Å². The average molecular weight is 629 g/mol. The van der Waals surface area contributed by atoms with Crippen molar-refractivity contribution in [3.05, 3.63) is 123 Å². The second-order valence-electron chi connectivity index (χ2n) is 11.0. The summed E-state index contributed by atoms with van der Waals surface area (Å²) < 4.78 is 1.00. The van der Waals surface area contributed by atoms with Gasteiger partial charge in [-0.1, -0.05) is 77.8 Å². The van der Waals surface area contributed by atoms with Gasteiger partial charge in [0.1, 0.15) is 4.88 Å². The van der Waals surface area contributed by atoms with Crippen LogP contribution in [-0.2, 0) is 17.8 Å². The van der Waals surface area contributed by atoms with Crippen molar-refractivity contribution in [2.45, 2.75) is 50.7 Å². The van der Waals surface area contributed by atoms with Crippen LogP contribution in [0.3, 0.4) is 0 Å². The number of halogens is 2. The molecule has 0 bridgehead atoms. The molecule has 0 aliphatic heterocycles. The van der Waals surface area contributed by atoms with Gasteiger partial charge in [-0.25, -0.2) is 0 Å². The van der Waals surface area contributed by atoms with Crippen LogP contribution in [0.25, 0.3) is 21.2 Å². The Morgan fingerprint density at radius 1 is 0.860 bits per heavy atom. The molecule has 1 aliphatic carbocycles. The van der Waals surface area contributed by atoms with Gasteiger partial charge in [0, 0.05) is 46.1 Å². The summed E-state index contributed by atoms with van der Waals surface area (Å²) in [6.45, 7) is 0.469. The van der Waals surface area contributed by atoms with Gasteiger partial charge in [-0.15, -0.1) is 11.3 Å². The number of nitrogens with zero attached hydrogens (tertiary/aromatic N) is 2. The maximum absolute atomic E-state index is 14.2. The molecule has 5 nitrogen and oxygen atoms in total.